The molecule has 0 amide bonds. The molecule has 0 spiro atoms. The predicted octanol–water partition coefficient (Wildman–Crippen LogP) is 4.03. The van der Waals surface area contributed by atoms with Crippen molar-refractivity contribution in [2.45, 2.75) is 78.1 Å². The van der Waals surface area contributed by atoms with E-state index in [0.29, 0.717) is 0 Å². The molecule has 0 aliphatic carbocycles. The van der Waals surface area contributed by atoms with Gasteiger partial charge in [0.25, 0.3) is 0 Å². The van der Waals surface area contributed by atoms with Crippen LogP contribution in [0.15, 0.2) is 0 Å². The van der Waals surface area contributed by atoms with Gasteiger partial charge in [-0.2, -0.15) is 0 Å². The first-order valence-corrected chi connectivity index (χ1v) is 6.99. The predicted molar refractivity (Wildman–Crippen MR) is 76.9 cm³/mol. The Morgan fingerprint density at radius 1 is 0.625 bits per heavy atom. The van der Waals surface area contributed by atoms with Crippen LogP contribution in [-0.2, 0) is 4.74 Å². The SMILES string of the molecule is CCCCCCCCCCCCOCC.[PoH2]. The fourth-order valence-corrected chi connectivity index (χ4v) is 1.84. The Kier molecular flexibility index (Phi) is 21.9. The molecular weight excluding hydrogens is 393 g/mol. The van der Waals surface area contributed by atoms with Gasteiger partial charge in [-0.05, 0) is 13.3 Å². The molecule has 0 rings (SSSR count). The third-order valence-electron chi connectivity index (χ3n) is 2.85. The van der Waals surface area contributed by atoms with E-state index in [0.717, 1.165) is 13.2 Å². The van der Waals surface area contributed by atoms with Crippen LogP contribution in [0, 0.1) is 0 Å². The van der Waals surface area contributed by atoms with Crippen LogP contribution in [0.4, 0.5) is 0 Å². The molecule has 0 aromatic rings. The molecule has 0 aliphatic rings. The first-order chi connectivity index (χ1) is 7.41. The molecule has 1 nitrogen and oxygen atoms in total. The van der Waals surface area contributed by atoms with Crippen molar-refractivity contribution < 1.29 is 4.74 Å². The summed E-state index contributed by atoms with van der Waals surface area (Å²) in [7, 11) is 0. The monoisotopic (exact) mass is 425 g/mol. The van der Waals surface area contributed by atoms with Crippen molar-refractivity contribution in [3.8, 4) is 0 Å². The molecule has 0 aromatic carbocycles. The Labute approximate surface area is 122 Å². The molecule has 0 fully saturated rings. The van der Waals surface area contributed by atoms with Crippen LogP contribution in [0.2, 0.25) is 0 Å². The minimum absolute atomic E-state index is 0. The van der Waals surface area contributed by atoms with Gasteiger partial charge in [-0.1, -0.05) is 64.7 Å². The zero-order valence-electron chi connectivity index (χ0n) is 11.4. The van der Waals surface area contributed by atoms with Gasteiger partial charge < -0.3 is 4.74 Å². The number of unbranched alkanes of at least 4 members (excludes halogenated alkanes) is 9. The van der Waals surface area contributed by atoms with Gasteiger partial charge in [-0.15, -0.1) is 0 Å². The van der Waals surface area contributed by atoms with Gasteiger partial charge in [0.15, 0.2) is 0 Å². The molecule has 0 aromatic heterocycles. The van der Waals surface area contributed by atoms with Crippen molar-refractivity contribution in [3.63, 3.8) is 0 Å². The van der Waals surface area contributed by atoms with E-state index in [-0.39, 0.29) is 26.6 Å². The van der Waals surface area contributed by atoms with E-state index in [4.69, 9.17) is 4.74 Å². The average Bonchev–Trinajstić information content (AvgIpc) is 2.26. The van der Waals surface area contributed by atoms with Gasteiger partial charge in [-0.25, -0.2) is 0 Å². The van der Waals surface area contributed by atoms with Crippen molar-refractivity contribution in [1.29, 1.82) is 0 Å². The Morgan fingerprint density at radius 2 is 1.06 bits per heavy atom. The van der Waals surface area contributed by atoms with Gasteiger partial charge in [-0.3, -0.25) is 0 Å². The molecule has 0 unspecified atom stereocenters. The molecule has 0 aliphatic heterocycles. The summed E-state index contributed by atoms with van der Waals surface area (Å²) < 4.78 is 5.31. The summed E-state index contributed by atoms with van der Waals surface area (Å²) in [5.41, 5.74) is 0. The van der Waals surface area contributed by atoms with E-state index in [1.54, 1.807) is 0 Å². The van der Waals surface area contributed by atoms with Crippen LogP contribution in [0.25, 0.3) is 0 Å². The quantitative estimate of drug-likeness (QED) is 0.429. The van der Waals surface area contributed by atoms with E-state index in [1.165, 1.54) is 64.2 Å². The normalized spacial score (nSPS) is 10.1. The number of hydrogen-bond acceptors (Lipinski definition) is 1. The summed E-state index contributed by atoms with van der Waals surface area (Å²) in [5, 5.41) is 0. The molecular formula is C14H32OPo. The molecule has 0 atom stereocenters. The van der Waals surface area contributed by atoms with E-state index in [2.05, 4.69) is 13.8 Å². The molecule has 100 valence electrons. The Bertz CT molecular complexity index is 94.9. The van der Waals surface area contributed by atoms with Crippen molar-refractivity contribution >= 4 is 26.6 Å². The zero-order chi connectivity index (χ0) is 11.2. The van der Waals surface area contributed by atoms with Crippen molar-refractivity contribution in [2.75, 3.05) is 13.2 Å². The fourth-order valence-electron chi connectivity index (χ4n) is 1.84. The third-order valence-corrected chi connectivity index (χ3v) is 2.85. The van der Waals surface area contributed by atoms with E-state index >= 15 is 0 Å². The maximum atomic E-state index is 5.31. The standard InChI is InChI=1S/C14H30O.Po.2H/c1-3-5-6-7-8-9-10-11-12-13-14-15-4-2;;;/h3-14H2,1-2H3;;;. The molecule has 0 radical (unpaired) electrons. The number of rotatable bonds is 12. The molecule has 0 saturated carbocycles. The molecule has 0 saturated heterocycles. The van der Waals surface area contributed by atoms with Crippen LogP contribution in [0.3, 0.4) is 0 Å². The number of ether oxygens (including phenoxy) is 1. The molecule has 0 bridgehead atoms. The first kappa shape index (κ1) is 19.2. The average molecular weight is 425 g/mol. The molecule has 2 heteroatoms. The van der Waals surface area contributed by atoms with Crippen molar-refractivity contribution in [1.82, 2.24) is 0 Å². The van der Waals surface area contributed by atoms with Crippen LogP contribution in [0.5, 0.6) is 0 Å². The second-order valence-electron chi connectivity index (χ2n) is 4.38. The van der Waals surface area contributed by atoms with Crippen LogP contribution >= 0.6 is 0 Å². The van der Waals surface area contributed by atoms with Gasteiger partial charge in [0.05, 0.1) is 0 Å². The molecule has 0 heterocycles. The van der Waals surface area contributed by atoms with Gasteiger partial charge in [0.1, 0.15) is 0 Å². The fraction of sp³-hybridized carbons (Fsp3) is 1.00. The van der Waals surface area contributed by atoms with E-state index < -0.39 is 0 Å². The van der Waals surface area contributed by atoms with Crippen LogP contribution in [-0.4, -0.2) is 39.8 Å². The third kappa shape index (κ3) is 17.3. The number of hydrogen-bond donors (Lipinski definition) is 0. The summed E-state index contributed by atoms with van der Waals surface area (Å²) in [4.78, 5) is 0. The minimum atomic E-state index is 0. The van der Waals surface area contributed by atoms with Crippen molar-refractivity contribution in [2.24, 2.45) is 0 Å². The van der Waals surface area contributed by atoms with Crippen LogP contribution in [0.1, 0.15) is 78.1 Å². The van der Waals surface area contributed by atoms with E-state index in [9.17, 15) is 0 Å². The second kappa shape index (κ2) is 18.2. The summed E-state index contributed by atoms with van der Waals surface area (Å²) in [6.07, 6.45) is 14.0. The molecule has 16 heavy (non-hydrogen) atoms. The van der Waals surface area contributed by atoms with Crippen LogP contribution < -0.4 is 0 Å². The summed E-state index contributed by atoms with van der Waals surface area (Å²) in [6.45, 7) is 6.18. The van der Waals surface area contributed by atoms with Gasteiger partial charge in [0, 0.05) is 13.2 Å². The van der Waals surface area contributed by atoms with E-state index in [1.807, 2.05) is 0 Å². The topological polar surface area (TPSA) is 9.23 Å². The first-order valence-electron chi connectivity index (χ1n) is 6.99. The van der Waals surface area contributed by atoms with Gasteiger partial charge >= 0.3 is 26.6 Å². The zero-order valence-corrected chi connectivity index (χ0v) is 15.3. The van der Waals surface area contributed by atoms with Gasteiger partial charge in [0.2, 0.25) is 0 Å². The Hall–Kier alpha value is 0.856. The van der Waals surface area contributed by atoms with Crippen molar-refractivity contribution in [3.05, 3.63) is 0 Å². The Morgan fingerprint density at radius 3 is 1.50 bits per heavy atom. The second-order valence-corrected chi connectivity index (χ2v) is 4.38. The summed E-state index contributed by atoms with van der Waals surface area (Å²) >= 11 is 0. The summed E-state index contributed by atoms with van der Waals surface area (Å²) in [6, 6.07) is 0. The Balaban J connectivity index is 0. The molecule has 0 N–H and O–H groups in total. The summed E-state index contributed by atoms with van der Waals surface area (Å²) in [5.74, 6) is 0. The maximum absolute atomic E-state index is 5.31.